The Morgan fingerprint density at radius 1 is 0.440 bits per heavy atom. The summed E-state index contributed by atoms with van der Waals surface area (Å²) in [5.41, 5.74) is 1.89. The summed E-state index contributed by atoms with van der Waals surface area (Å²) in [5.74, 6) is 1.68. The molecule has 15 nitrogen and oxygen atoms in total. The van der Waals surface area contributed by atoms with Gasteiger partial charge >= 0.3 is 0 Å². The highest BCUT2D eigenvalue weighted by Gasteiger charge is 2.19. The van der Waals surface area contributed by atoms with Crippen LogP contribution >= 0.6 is 0 Å². The third-order valence-electron chi connectivity index (χ3n) is 7.59. The highest BCUT2D eigenvalue weighted by atomic mass is 16.7. The van der Waals surface area contributed by atoms with Gasteiger partial charge in [0.15, 0.2) is 5.82 Å². The van der Waals surface area contributed by atoms with E-state index in [1.807, 2.05) is 30.3 Å². The van der Waals surface area contributed by atoms with E-state index in [1.165, 1.54) is 0 Å². The predicted molar refractivity (Wildman–Crippen MR) is 187 cm³/mol. The van der Waals surface area contributed by atoms with Crippen molar-refractivity contribution in [2.75, 3.05) is 155 Å². The normalized spacial score (nSPS) is 20.9. The van der Waals surface area contributed by atoms with Crippen molar-refractivity contribution in [3.05, 3.63) is 36.4 Å². The van der Waals surface area contributed by atoms with E-state index in [0.29, 0.717) is 150 Å². The Bertz CT molecular complexity index is 1070. The quantitative estimate of drug-likeness (QED) is 0.461. The van der Waals surface area contributed by atoms with Gasteiger partial charge < -0.3 is 57.2 Å². The summed E-state index contributed by atoms with van der Waals surface area (Å²) in [7, 11) is 0. The van der Waals surface area contributed by atoms with Crippen molar-refractivity contribution < 1.29 is 47.4 Å². The number of benzene rings is 1. The smallest absolute Gasteiger partial charge is 0.230 e. The van der Waals surface area contributed by atoms with Crippen molar-refractivity contribution in [3.63, 3.8) is 0 Å². The van der Waals surface area contributed by atoms with E-state index in [0.717, 1.165) is 24.0 Å². The van der Waals surface area contributed by atoms with Crippen molar-refractivity contribution >= 4 is 18.0 Å². The molecule has 3 heterocycles. The number of anilines is 2. The number of aromatic nitrogens is 3. The lowest BCUT2D eigenvalue weighted by Crippen LogP contribution is -2.34. The summed E-state index contributed by atoms with van der Waals surface area (Å²) in [4.78, 5) is 19.2. The zero-order valence-corrected chi connectivity index (χ0v) is 29.4. The minimum Gasteiger partial charge on any atom is -0.377 e. The fourth-order valence-corrected chi connectivity index (χ4v) is 4.90. The first kappa shape index (κ1) is 39.9. The molecule has 50 heavy (non-hydrogen) atoms. The molecule has 2 aliphatic rings. The summed E-state index contributed by atoms with van der Waals surface area (Å²) in [5, 5.41) is 0. The molecule has 0 aliphatic carbocycles. The molecule has 280 valence electrons. The van der Waals surface area contributed by atoms with Gasteiger partial charge in [-0.2, -0.15) is 15.0 Å². The monoisotopic (exact) mass is 705 g/mol. The third kappa shape index (κ3) is 16.5. The van der Waals surface area contributed by atoms with Crippen molar-refractivity contribution in [1.29, 1.82) is 0 Å². The maximum Gasteiger partial charge on any atom is 0.230 e. The van der Waals surface area contributed by atoms with Crippen molar-refractivity contribution in [3.8, 4) is 11.4 Å². The van der Waals surface area contributed by atoms with Gasteiger partial charge in [-0.3, -0.25) is 0 Å². The lowest BCUT2D eigenvalue weighted by Gasteiger charge is -2.27. The molecule has 0 saturated carbocycles. The van der Waals surface area contributed by atoms with Crippen LogP contribution in [0.3, 0.4) is 0 Å². The van der Waals surface area contributed by atoms with Crippen molar-refractivity contribution in [1.82, 2.24) is 15.0 Å². The van der Waals surface area contributed by atoms with Gasteiger partial charge in [-0.25, -0.2) is 0 Å². The molecule has 2 saturated heterocycles. The van der Waals surface area contributed by atoms with Gasteiger partial charge in [0.2, 0.25) is 11.9 Å². The van der Waals surface area contributed by atoms with Crippen LogP contribution in [0.5, 0.6) is 0 Å². The highest BCUT2D eigenvalue weighted by molar-refractivity contribution is 5.61. The molecule has 0 bridgehead atoms. The number of ether oxygens (including phenoxy) is 10. The van der Waals surface area contributed by atoms with E-state index in [1.54, 1.807) is 0 Å². The van der Waals surface area contributed by atoms with Gasteiger partial charge in [0.1, 0.15) is 13.6 Å². The van der Waals surface area contributed by atoms with Crippen LogP contribution in [0, 0.1) is 0 Å². The first-order valence-corrected chi connectivity index (χ1v) is 17.6. The molecule has 0 atom stereocenters. The zero-order valence-electron chi connectivity index (χ0n) is 29.4. The van der Waals surface area contributed by atoms with E-state index in [2.05, 4.69) is 16.4 Å². The summed E-state index contributed by atoms with van der Waals surface area (Å²) >= 11 is 0. The highest BCUT2D eigenvalue weighted by Crippen LogP contribution is 2.23. The minimum atomic E-state index is 0.205. The second kappa shape index (κ2) is 26.0. The number of hydrogen-bond acceptors (Lipinski definition) is 15. The summed E-state index contributed by atoms with van der Waals surface area (Å²) < 4.78 is 56.7. The third-order valence-corrected chi connectivity index (χ3v) is 7.59. The molecular formula is C35H55N5O10. The molecule has 0 spiro atoms. The zero-order chi connectivity index (χ0) is 34.7. The molecule has 0 N–H and O–H groups in total. The molecular weight excluding hydrogens is 650 g/mol. The van der Waals surface area contributed by atoms with Gasteiger partial charge in [-0.15, -0.1) is 0 Å². The molecule has 1 aromatic carbocycles. The van der Waals surface area contributed by atoms with Crippen LogP contribution in [-0.4, -0.2) is 160 Å². The Balaban J connectivity index is 1.54. The molecule has 0 amide bonds. The molecule has 4 rings (SSSR count). The number of nitrogens with zero attached hydrogens (tertiary/aromatic N) is 5. The second-order valence-corrected chi connectivity index (χ2v) is 11.3. The molecule has 15 heteroatoms. The van der Waals surface area contributed by atoms with Crippen LogP contribution in [-0.2, 0) is 47.4 Å². The predicted octanol–water partition coefficient (Wildman–Crippen LogP) is 2.68. The Morgan fingerprint density at radius 3 is 1.24 bits per heavy atom. The molecule has 0 unspecified atom stereocenters. The topological polar surface area (TPSA) is 137 Å². The van der Waals surface area contributed by atoms with E-state index in [9.17, 15) is 0 Å². The van der Waals surface area contributed by atoms with Crippen molar-refractivity contribution in [2.24, 2.45) is 0 Å². The lowest BCUT2D eigenvalue weighted by atomic mass is 10.1. The maximum absolute atomic E-state index is 5.94. The summed E-state index contributed by atoms with van der Waals surface area (Å²) in [6.07, 6.45) is 3.28. The van der Waals surface area contributed by atoms with Crippen LogP contribution in [0.4, 0.5) is 11.9 Å². The average Bonchev–Trinajstić information content (AvgIpc) is 3.14. The molecule has 2 aromatic rings. The molecule has 2 fully saturated rings. The van der Waals surface area contributed by atoms with E-state index >= 15 is 0 Å². The standard InChI is InChI=1S/C35H55N5O10/c1-2-31-5-7-32(8-6-31)33-36-34(39-9-3-13-47-29-49-27-25-45-23-21-43-19-17-41-15-11-39)38-35(37-33)40-10-4-14-48-30-50-28-26-46-24-22-44-20-18-42-16-12-40/h2,5-8H,1,3-4,9-30H2. The fraction of sp³-hybridized carbons (Fsp3) is 0.686. The van der Waals surface area contributed by atoms with Gasteiger partial charge in [0, 0.05) is 31.7 Å². The molecule has 0 radical (unpaired) electrons. The van der Waals surface area contributed by atoms with Gasteiger partial charge in [0.05, 0.1) is 106 Å². The van der Waals surface area contributed by atoms with Crippen LogP contribution < -0.4 is 9.80 Å². The van der Waals surface area contributed by atoms with Gasteiger partial charge in [-0.05, 0) is 18.4 Å². The van der Waals surface area contributed by atoms with Gasteiger partial charge in [-0.1, -0.05) is 36.9 Å². The van der Waals surface area contributed by atoms with Crippen LogP contribution in [0.1, 0.15) is 18.4 Å². The molecule has 2 aliphatic heterocycles. The fourth-order valence-electron chi connectivity index (χ4n) is 4.90. The molecule has 1 aromatic heterocycles. The van der Waals surface area contributed by atoms with Crippen molar-refractivity contribution in [2.45, 2.75) is 12.8 Å². The average molecular weight is 706 g/mol. The summed E-state index contributed by atoms with van der Waals surface area (Å²) in [6, 6.07) is 8.01. The Kier molecular flexibility index (Phi) is 20.8. The van der Waals surface area contributed by atoms with E-state index < -0.39 is 0 Å². The first-order valence-electron chi connectivity index (χ1n) is 17.6. The number of hydrogen-bond donors (Lipinski definition) is 0. The summed E-state index contributed by atoms with van der Waals surface area (Å²) in [6.45, 7) is 14.6. The number of rotatable bonds is 4. The largest absolute Gasteiger partial charge is 0.377 e. The SMILES string of the molecule is C=Cc1ccc(-c2nc(N3CCCOCOCCOCCOCCOCC3)nc(N3CCCOCOCCOCCOCCOCC3)n2)cc1. The van der Waals surface area contributed by atoms with Gasteiger partial charge in [0.25, 0.3) is 0 Å². The first-order chi connectivity index (χ1) is 24.8. The van der Waals surface area contributed by atoms with Crippen LogP contribution in [0.2, 0.25) is 0 Å². The Hall–Kier alpha value is -2.83. The van der Waals surface area contributed by atoms with E-state index in [4.69, 9.17) is 62.3 Å². The minimum absolute atomic E-state index is 0.205. The Labute approximate surface area is 296 Å². The lowest BCUT2D eigenvalue weighted by molar-refractivity contribution is -0.0735. The van der Waals surface area contributed by atoms with Crippen LogP contribution in [0.25, 0.3) is 17.5 Å². The maximum atomic E-state index is 5.94. The second-order valence-electron chi connectivity index (χ2n) is 11.3. The van der Waals surface area contributed by atoms with Crippen LogP contribution in [0.15, 0.2) is 30.8 Å². The van der Waals surface area contributed by atoms with E-state index in [-0.39, 0.29) is 13.6 Å². The Morgan fingerprint density at radius 2 is 0.820 bits per heavy atom.